The summed E-state index contributed by atoms with van der Waals surface area (Å²) in [5.74, 6) is 0. The fourth-order valence-corrected chi connectivity index (χ4v) is 2.51. The Morgan fingerprint density at radius 2 is 1.85 bits per heavy atom. The predicted octanol–water partition coefficient (Wildman–Crippen LogP) is 4.50. The van der Waals surface area contributed by atoms with Gasteiger partial charge in [0.25, 0.3) is 5.56 Å². The molecule has 2 N–H and O–H groups in total. The Balaban J connectivity index is 1.97. The van der Waals surface area contributed by atoms with Crippen LogP contribution in [0, 0.1) is 0 Å². The average Bonchev–Trinajstić information content (AvgIpc) is 3.08. The van der Waals surface area contributed by atoms with Crippen molar-refractivity contribution in [2.24, 2.45) is 10.2 Å². The van der Waals surface area contributed by atoms with Crippen molar-refractivity contribution in [1.29, 1.82) is 0 Å². The molecule has 7 heteroatoms. The van der Waals surface area contributed by atoms with E-state index in [1.807, 2.05) is 17.5 Å². The molecule has 3 aromatic rings. The number of H-pyrrole nitrogens is 2. The number of azo groups is 1. The van der Waals surface area contributed by atoms with Gasteiger partial charge in [0.1, 0.15) is 5.69 Å². The number of rotatable bonds is 3. The molecule has 0 atom stereocenters. The van der Waals surface area contributed by atoms with Gasteiger partial charge in [0.2, 0.25) is 0 Å². The minimum Gasteiger partial charge on any atom is -0.294 e. The second-order valence-electron chi connectivity index (χ2n) is 3.96. The van der Waals surface area contributed by atoms with Crippen LogP contribution in [0.25, 0.3) is 10.6 Å². The minimum absolute atomic E-state index is 0.266. The fourth-order valence-electron chi connectivity index (χ4n) is 1.66. The van der Waals surface area contributed by atoms with Gasteiger partial charge in [0.15, 0.2) is 5.69 Å². The molecule has 0 amide bonds. The van der Waals surface area contributed by atoms with Crippen molar-refractivity contribution in [2.75, 3.05) is 0 Å². The van der Waals surface area contributed by atoms with E-state index < -0.39 is 0 Å². The topological polar surface area (TPSA) is 73.4 Å². The second kappa shape index (κ2) is 5.44. The van der Waals surface area contributed by atoms with Crippen LogP contribution in [0.2, 0.25) is 5.02 Å². The van der Waals surface area contributed by atoms with E-state index in [9.17, 15) is 4.79 Å². The zero-order valence-electron chi connectivity index (χ0n) is 10.1. The number of benzene rings is 1. The van der Waals surface area contributed by atoms with Crippen LogP contribution in [-0.4, -0.2) is 10.2 Å². The summed E-state index contributed by atoms with van der Waals surface area (Å²) in [5, 5.41) is 16.0. The third-order valence-electron chi connectivity index (χ3n) is 2.61. The SMILES string of the molecule is O=c1[nH][nH]c(-c2cccs2)c1N=Nc1ccc(Cl)cc1. The summed E-state index contributed by atoms with van der Waals surface area (Å²) in [5.41, 5.74) is 1.24. The Morgan fingerprint density at radius 1 is 1.05 bits per heavy atom. The largest absolute Gasteiger partial charge is 0.294 e. The third kappa shape index (κ3) is 2.56. The van der Waals surface area contributed by atoms with E-state index in [0.717, 1.165) is 4.88 Å². The van der Waals surface area contributed by atoms with Crippen LogP contribution in [-0.2, 0) is 0 Å². The summed E-state index contributed by atoms with van der Waals surface area (Å²) < 4.78 is 0. The van der Waals surface area contributed by atoms with E-state index in [-0.39, 0.29) is 11.2 Å². The normalized spacial score (nSPS) is 11.2. The Hall–Kier alpha value is -2.18. The lowest BCUT2D eigenvalue weighted by atomic mass is 10.3. The molecule has 0 bridgehead atoms. The molecule has 1 aromatic carbocycles. The van der Waals surface area contributed by atoms with Crippen molar-refractivity contribution >= 4 is 34.3 Å². The molecule has 2 heterocycles. The number of nitrogens with one attached hydrogen (secondary N) is 2. The molecule has 100 valence electrons. The van der Waals surface area contributed by atoms with E-state index >= 15 is 0 Å². The maximum atomic E-state index is 11.8. The summed E-state index contributed by atoms with van der Waals surface area (Å²) in [7, 11) is 0. The Bertz CT molecular complexity index is 787. The van der Waals surface area contributed by atoms with Crippen molar-refractivity contribution < 1.29 is 0 Å². The predicted molar refractivity (Wildman–Crippen MR) is 80.4 cm³/mol. The first-order chi connectivity index (χ1) is 9.74. The molecule has 0 fully saturated rings. The Labute approximate surface area is 122 Å². The molecule has 20 heavy (non-hydrogen) atoms. The summed E-state index contributed by atoms with van der Waals surface area (Å²) in [6.07, 6.45) is 0. The van der Waals surface area contributed by atoms with Crippen LogP contribution in [0.3, 0.4) is 0 Å². The molecule has 0 aliphatic heterocycles. The van der Waals surface area contributed by atoms with Gasteiger partial charge in [-0.15, -0.1) is 16.5 Å². The summed E-state index contributed by atoms with van der Waals surface area (Å²) in [4.78, 5) is 12.7. The lowest BCUT2D eigenvalue weighted by molar-refractivity contribution is 1.06. The van der Waals surface area contributed by atoms with Crippen molar-refractivity contribution in [3.63, 3.8) is 0 Å². The average molecular weight is 305 g/mol. The molecule has 0 saturated heterocycles. The molecule has 0 aliphatic carbocycles. The first-order valence-corrected chi connectivity index (χ1v) is 7.01. The first-order valence-electron chi connectivity index (χ1n) is 5.76. The molecule has 0 saturated carbocycles. The standard InChI is InChI=1S/C13H9ClN4OS/c14-8-3-5-9(6-4-8)15-17-12-11(16-18-13(12)19)10-2-1-7-20-10/h1-7H,(H2,16,18,19). The molecule has 3 rings (SSSR count). The lowest BCUT2D eigenvalue weighted by Gasteiger charge is -1.94. The highest BCUT2D eigenvalue weighted by Crippen LogP contribution is 2.29. The quantitative estimate of drug-likeness (QED) is 0.687. The van der Waals surface area contributed by atoms with Gasteiger partial charge in [0, 0.05) is 5.02 Å². The van der Waals surface area contributed by atoms with Gasteiger partial charge in [-0.2, -0.15) is 5.11 Å². The van der Waals surface area contributed by atoms with E-state index in [2.05, 4.69) is 20.4 Å². The number of halogens is 1. The molecule has 5 nitrogen and oxygen atoms in total. The number of aromatic nitrogens is 2. The maximum absolute atomic E-state index is 11.8. The fraction of sp³-hybridized carbons (Fsp3) is 0. The first kappa shape index (κ1) is 12.8. The smallest absolute Gasteiger partial charge is 0.292 e. The zero-order valence-corrected chi connectivity index (χ0v) is 11.7. The minimum atomic E-state index is -0.300. The second-order valence-corrected chi connectivity index (χ2v) is 5.34. The summed E-state index contributed by atoms with van der Waals surface area (Å²) >= 11 is 7.32. The highest BCUT2D eigenvalue weighted by molar-refractivity contribution is 7.13. The van der Waals surface area contributed by atoms with Crippen LogP contribution >= 0.6 is 22.9 Å². The maximum Gasteiger partial charge on any atom is 0.292 e. The van der Waals surface area contributed by atoms with E-state index in [0.29, 0.717) is 16.4 Å². The Morgan fingerprint density at radius 3 is 2.55 bits per heavy atom. The van der Waals surface area contributed by atoms with Crippen LogP contribution in [0.1, 0.15) is 0 Å². The van der Waals surface area contributed by atoms with Crippen molar-refractivity contribution in [3.8, 4) is 10.6 Å². The molecule has 2 aromatic heterocycles. The molecule has 0 spiro atoms. The van der Waals surface area contributed by atoms with Crippen molar-refractivity contribution in [1.82, 2.24) is 10.2 Å². The highest BCUT2D eigenvalue weighted by Gasteiger charge is 2.12. The van der Waals surface area contributed by atoms with Crippen molar-refractivity contribution in [3.05, 3.63) is 57.2 Å². The number of thiophene rings is 1. The van der Waals surface area contributed by atoms with Crippen LogP contribution in [0.4, 0.5) is 11.4 Å². The van der Waals surface area contributed by atoms with Crippen LogP contribution in [0.15, 0.2) is 56.8 Å². The number of nitrogens with zero attached hydrogens (tertiary/aromatic N) is 2. The van der Waals surface area contributed by atoms with Crippen LogP contribution < -0.4 is 5.56 Å². The van der Waals surface area contributed by atoms with Gasteiger partial charge in [-0.05, 0) is 35.7 Å². The van der Waals surface area contributed by atoms with E-state index in [1.165, 1.54) is 11.3 Å². The molecular formula is C13H9ClN4OS. The Kier molecular flexibility index (Phi) is 3.49. The van der Waals surface area contributed by atoms with Gasteiger partial charge in [-0.1, -0.05) is 17.7 Å². The van der Waals surface area contributed by atoms with Gasteiger partial charge in [0.05, 0.1) is 10.6 Å². The van der Waals surface area contributed by atoms with Gasteiger partial charge < -0.3 is 0 Å². The van der Waals surface area contributed by atoms with E-state index in [4.69, 9.17) is 11.6 Å². The number of hydrogen-bond acceptors (Lipinski definition) is 4. The zero-order chi connectivity index (χ0) is 13.9. The van der Waals surface area contributed by atoms with E-state index in [1.54, 1.807) is 24.3 Å². The third-order valence-corrected chi connectivity index (χ3v) is 3.75. The summed E-state index contributed by atoms with van der Waals surface area (Å²) in [6.45, 7) is 0. The number of hydrogen-bond donors (Lipinski definition) is 2. The number of aromatic amines is 2. The van der Waals surface area contributed by atoms with Gasteiger partial charge in [-0.3, -0.25) is 15.0 Å². The molecule has 0 aliphatic rings. The van der Waals surface area contributed by atoms with Gasteiger partial charge >= 0.3 is 0 Å². The van der Waals surface area contributed by atoms with Crippen molar-refractivity contribution in [2.45, 2.75) is 0 Å². The molecule has 0 radical (unpaired) electrons. The molecular weight excluding hydrogens is 296 g/mol. The molecule has 0 unspecified atom stereocenters. The highest BCUT2D eigenvalue weighted by atomic mass is 35.5. The van der Waals surface area contributed by atoms with Crippen LogP contribution in [0.5, 0.6) is 0 Å². The lowest BCUT2D eigenvalue weighted by Crippen LogP contribution is -1.96. The summed E-state index contributed by atoms with van der Waals surface area (Å²) in [6, 6.07) is 10.7. The van der Waals surface area contributed by atoms with Gasteiger partial charge in [-0.25, -0.2) is 0 Å². The monoisotopic (exact) mass is 304 g/mol.